The molecular weight excluding hydrogens is 559 g/mol. The molecule has 0 unspecified atom stereocenters. The highest BCUT2D eigenvalue weighted by Gasteiger charge is 2.74. The number of rotatable bonds is 2. The molecule has 0 bridgehead atoms. The Hall–Kier alpha value is -0.640. The molecule has 2 nitrogen and oxygen atoms in total. The highest BCUT2D eigenvalue weighted by molar-refractivity contribution is 6.67. The van der Waals surface area contributed by atoms with E-state index in [9.17, 15) is 26.3 Å². The molecule has 0 aliphatic heterocycles. The van der Waals surface area contributed by atoms with E-state index >= 15 is 0 Å². The predicted octanol–water partition coefficient (Wildman–Crippen LogP) is 7.92. The van der Waals surface area contributed by atoms with Gasteiger partial charge in [0.15, 0.2) is 0 Å². The van der Waals surface area contributed by atoms with Crippen molar-refractivity contribution in [3.8, 4) is 0 Å². The Morgan fingerprint density at radius 3 is 1.03 bits per heavy atom. The van der Waals surface area contributed by atoms with E-state index < -0.39 is 47.6 Å². The number of nitrogen functional groups attached to an aromatic ring is 2. The molecule has 2 rings (SSSR count). The van der Waals surface area contributed by atoms with Crippen LogP contribution in [-0.2, 0) is 13.0 Å². The predicted molar refractivity (Wildman–Crippen MR) is 113 cm³/mol. The summed E-state index contributed by atoms with van der Waals surface area (Å²) in [5, 5.41) is 0. The van der Waals surface area contributed by atoms with Gasteiger partial charge in [0.2, 0.25) is 13.0 Å². The van der Waals surface area contributed by atoms with Crippen LogP contribution in [0.15, 0.2) is 36.4 Å². The summed E-state index contributed by atoms with van der Waals surface area (Å²) < 4.78 is 81.8. The molecule has 172 valence electrons. The smallest absolute Gasteiger partial charge is 0.399 e. The van der Waals surface area contributed by atoms with Crippen LogP contribution in [0.2, 0.25) is 0 Å². The average molecular weight is 569 g/mol. The number of benzene rings is 2. The van der Waals surface area contributed by atoms with Crippen molar-refractivity contribution in [3.63, 3.8) is 0 Å². The van der Waals surface area contributed by atoms with E-state index in [0.717, 1.165) is 12.1 Å². The molecule has 0 saturated heterocycles. The van der Waals surface area contributed by atoms with Gasteiger partial charge in [-0.1, -0.05) is 81.7 Å². The molecule has 14 heteroatoms. The maximum atomic E-state index is 14.5. The van der Waals surface area contributed by atoms with Crippen molar-refractivity contribution in [2.45, 2.75) is 25.4 Å². The number of anilines is 2. The summed E-state index contributed by atoms with van der Waals surface area (Å²) in [4.78, 5) is 0. The molecule has 0 spiro atoms. The van der Waals surface area contributed by atoms with Gasteiger partial charge in [-0.3, -0.25) is 0 Å². The van der Waals surface area contributed by atoms with E-state index in [1.807, 2.05) is 0 Å². The third kappa shape index (κ3) is 4.84. The molecule has 2 aromatic carbocycles. The summed E-state index contributed by atoms with van der Waals surface area (Å²) in [5.41, 5.74) is 0.945. The van der Waals surface area contributed by atoms with Crippen molar-refractivity contribution in [2.75, 3.05) is 11.5 Å². The molecule has 31 heavy (non-hydrogen) atoms. The van der Waals surface area contributed by atoms with Crippen LogP contribution in [0, 0.1) is 0 Å². The molecule has 4 N–H and O–H groups in total. The van der Waals surface area contributed by atoms with Crippen LogP contribution >= 0.6 is 69.6 Å². The molecule has 0 aromatic heterocycles. The number of halogens is 12. The fourth-order valence-corrected chi connectivity index (χ4v) is 4.10. The zero-order valence-electron chi connectivity index (χ0n) is 14.7. The highest BCUT2D eigenvalue weighted by Crippen LogP contribution is 2.61. The first-order chi connectivity index (χ1) is 13.7. The Morgan fingerprint density at radius 2 is 0.806 bits per heavy atom. The standard InChI is InChI=1S/C17H10Cl6F6N2/c18-14(19,20)11-5-7(30)1-3-9(11)13(16(24,25)26,17(27,28)29)10-4-2-8(31)6-12(10)15(21,22)23/h1-6H,30-31H2. The van der Waals surface area contributed by atoms with Gasteiger partial charge >= 0.3 is 12.4 Å². The van der Waals surface area contributed by atoms with E-state index in [2.05, 4.69) is 0 Å². The molecule has 0 saturated carbocycles. The first kappa shape index (κ1) is 26.6. The summed E-state index contributed by atoms with van der Waals surface area (Å²) >= 11 is 34.4. The maximum absolute atomic E-state index is 14.5. The van der Waals surface area contributed by atoms with Gasteiger partial charge in [-0.05, 0) is 35.4 Å². The normalized spacial score (nSPS) is 14.1. The third-order valence-electron chi connectivity index (χ3n) is 4.36. The average Bonchev–Trinajstić information content (AvgIpc) is 2.53. The summed E-state index contributed by atoms with van der Waals surface area (Å²) in [6.07, 6.45) is -12.1. The monoisotopic (exact) mass is 566 g/mol. The number of hydrogen-bond acceptors (Lipinski definition) is 2. The van der Waals surface area contributed by atoms with E-state index in [0.29, 0.717) is 24.3 Å². The van der Waals surface area contributed by atoms with E-state index in [1.54, 1.807) is 0 Å². The Morgan fingerprint density at radius 1 is 0.516 bits per heavy atom. The van der Waals surface area contributed by atoms with Crippen LogP contribution in [-0.4, -0.2) is 12.4 Å². The first-order valence-corrected chi connectivity index (χ1v) is 10.1. The lowest BCUT2D eigenvalue weighted by molar-refractivity contribution is -0.289. The highest BCUT2D eigenvalue weighted by atomic mass is 35.6. The van der Waals surface area contributed by atoms with Gasteiger partial charge in [0.25, 0.3) is 0 Å². The summed E-state index contributed by atoms with van der Waals surface area (Å²) in [6, 6.07) is 3.92. The minimum absolute atomic E-state index is 0.248. The van der Waals surface area contributed by atoms with Gasteiger partial charge in [0.05, 0.1) is 0 Å². The number of alkyl halides is 12. The van der Waals surface area contributed by atoms with Crippen molar-refractivity contribution >= 4 is 81.0 Å². The molecule has 0 aliphatic rings. The molecule has 0 radical (unpaired) electrons. The van der Waals surface area contributed by atoms with Crippen molar-refractivity contribution in [2.24, 2.45) is 0 Å². The SMILES string of the molecule is Nc1ccc(C(c2ccc(N)cc2C(Cl)(Cl)Cl)(C(F)(F)F)C(F)(F)F)c(C(Cl)(Cl)Cl)c1. The van der Waals surface area contributed by atoms with E-state index in [-0.39, 0.29) is 11.4 Å². The second-order valence-electron chi connectivity index (χ2n) is 6.35. The summed E-state index contributed by atoms with van der Waals surface area (Å²) in [6.45, 7) is 0. The zero-order chi connectivity index (χ0) is 24.2. The Balaban J connectivity index is 3.24. The largest absolute Gasteiger partial charge is 0.411 e. The zero-order valence-corrected chi connectivity index (χ0v) is 19.2. The minimum Gasteiger partial charge on any atom is -0.399 e. The van der Waals surface area contributed by atoms with Crippen LogP contribution in [0.5, 0.6) is 0 Å². The first-order valence-electron chi connectivity index (χ1n) is 7.82. The van der Waals surface area contributed by atoms with Gasteiger partial charge in [-0.2, -0.15) is 26.3 Å². The second-order valence-corrected chi connectivity index (χ2v) is 10.9. The molecule has 0 fully saturated rings. The number of hydrogen-bond donors (Lipinski definition) is 2. The van der Waals surface area contributed by atoms with Gasteiger partial charge in [-0.15, -0.1) is 0 Å². The minimum atomic E-state index is -6.05. The quantitative estimate of drug-likeness (QED) is 0.220. The summed E-state index contributed by atoms with van der Waals surface area (Å²) in [5.74, 6) is 0. The lowest BCUT2D eigenvalue weighted by Crippen LogP contribution is -2.56. The third-order valence-corrected chi connectivity index (χ3v) is 5.58. The molecule has 0 heterocycles. The maximum Gasteiger partial charge on any atom is 0.411 e. The fourth-order valence-electron chi connectivity index (χ4n) is 3.16. The molecule has 2 aromatic rings. The second kappa shape index (κ2) is 8.29. The molecular formula is C17H10Cl6F6N2. The van der Waals surface area contributed by atoms with Crippen molar-refractivity contribution in [1.29, 1.82) is 0 Å². The van der Waals surface area contributed by atoms with Gasteiger partial charge in [0.1, 0.15) is 0 Å². The Bertz CT molecular complexity index is 900. The molecule has 0 amide bonds. The lowest BCUT2D eigenvalue weighted by Gasteiger charge is -2.41. The molecule has 0 atom stereocenters. The van der Waals surface area contributed by atoms with E-state index in [4.69, 9.17) is 81.1 Å². The van der Waals surface area contributed by atoms with Crippen molar-refractivity contribution in [1.82, 2.24) is 0 Å². The fraction of sp³-hybridized carbons (Fsp3) is 0.294. The van der Waals surface area contributed by atoms with E-state index in [1.165, 1.54) is 0 Å². The van der Waals surface area contributed by atoms with Crippen molar-refractivity contribution in [3.05, 3.63) is 58.7 Å². The van der Waals surface area contributed by atoms with Crippen LogP contribution < -0.4 is 11.5 Å². The van der Waals surface area contributed by atoms with Gasteiger partial charge in [0, 0.05) is 22.5 Å². The Kier molecular flexibility index (Phi) is 7.12. The van der Waals surface area contributed by atoms with Gasteiger partial charge < -0.3 is 11.5 Å². The lowest BCUT2D eigenvalue weighted by atomic mass is 9.69. The van der Waals surface area contributed by atoms with Crippen LogP contribution in [0.4, 0.5) is 37.7 Å². The summed E-state index contributed by atoms with van der Waals surface area (Å²) in [7, 11) is 0. The van der Waals surface area contributed by atoms with Crippen LogP contribution in [0.1, 0.15) is 22.3 Å². The van der Waals surface area contributed by atoms with Crippen molar-refractivity contribution < 1.29 is 26.3 Å². The van der Waals surface area contributed by atoms with Gasteiger partial charge in [-0.25, -0.2) is 0 Å². The van der Waals surface area contributed by atoms with Crippen LogP contribution in [0.3, 0.4) is 0 Å². The Labute approximate surface area is 202 Å². The van der Waals surface area contributed by atoms with Crippen LogP contribution in [0.25, 0.3) is 0 Å². The topological polar surface area (TPSA) is 52.0 Å². The number of nitrogens with two attached hydrogens (primary N) is 2. The molecule has 0 aliphatic carbocycles.